The first-order chi connectivity index (χ1) is 10.7. The third-order valence-corrected chi connectivity index (χ3v) is 5.39. The summed E-state index contributed by atoms with van der Waals surface area (Å²) in [5, 5.41) is 0. The van der Waals surface area contributed by atoms with Crippen molar-refractivity contribution in [2.24, 2.45) is 0 Å². The summed E-state index contributed by atoms with van der Waals surface area (Å²) in [6.45, 7) is 9.11. The molecule has 2 heterocycles. The Morgan fingerprint density at radius 2 is 1.65 bits per heavy atom. The van der Waals surface area contributed by atoms with E-state index in [1.54, 1.807) is 0 Å². The summed E-state index contributed by atoms with van der Waals surface area (Å²) in [7, 11) is 0.849. The molecule has 0 atom stereocenters. The maximum atomic E-state index is 12.3. The van der Waals surface area contributed by atoms with Gasteiger partial charge in [-0.05, 0) is 39.6 Å². The molecule has 0 aromatic rings. The summed E-state index contributed by atoms with van der Waals surface area (Å²) in [5.41, 5.74) is 0.516. The lowest BCUT2D eigenvalue weighted by molar-refractivity contribution is -0.167. The van der Waals surface area contributed by atoms with Crippen LogP contribution < -0.4 is 0 Å². The second-order valence-electron chi connectivity index (χ2n) is 7.37. The molecule has 0 aromatic carbocycles. The normalized spacial score (nSPS) is 28.5. The lowest BCUT2D eigenvalue weighted by atomic mass is 9.68. The van der Waals surface area contributed by atoms with Gasteiger partial charge in [0.05, 0.1) is 31.5 Å². The third kappa shape index (κ3) is 2.84. The van der Waals surface area contributed by atoms with Crippen LogP contribution in [0.1, 0.15) is 47.0 Å². The van der Waals surface area contributed by atoms with Gasteiger partial charge in [0.15, 0.2) is 5.79 Å². The largest absolute Gasteiger partial charge is 0.491 e. The van der Waals surface area contributed by atoms with Crippen LogP contribution in [0.2, 0.25) is 0 Å². The minimum atomic E-state index is -0.698. The van der Waals surface area contributed by atoms with Crippen molar-refractivity contribution in [1.29, 1.82) is 0 Å². The van der Waals surface area contributed by atoms with Gasteiger partial charge < -0.3 is 23.5 Å². The van der Waals surface area contributed by atoms with E-state index in [-0.39, 0.29) is 5.97 Å². The summed E-state index contributed by atoms with van der Waals surface area (Å²) in [6.07, 6.45) is 1.69. The van der Waals surface area contributed by atoms with Crippen LogP contribution >= 0.6 is 0 Å². The molecule has 0 unspecified atom stereocenters. The molecule has 128 valence electrons. The average molecular weight is 324 g/mol. The Bertz CT molecular complexity index is 517. The number of allylic oxidation sites excluding steroid dienone is 1. The first-order valence-corrected chi connectivity index (χ1v) is 8.13. The highest BCUT2D eigenvalue weighted by atomic mass is 16.7. The topological polar surface area (TPSA) is 63.2 Å². The van der Waals surface area contributed by atoms with Crippen molar-refractivity contribution in [1.82, 2.24) is 0 Å². The van der Waals surface area contributed by atoms with Crippen LogP contribution in [-0.2, 0) is 28.3 Å². The number of carbonyl (C=O) groups excluding carboxylic acids is 1. The predicted octanol–water partition coefficient (Wildman–Crippen LogP) is 2.01. The maximum absolute atomic E-state index is 12.3. The van der Waals surface area contributed by atoms with Crippen molar-refractivity contribution in [2.45, 2.75) is 63.9 Å². The Morgan fingerprint density at radius 3 is 2.17 bits per heavy atom. The number of ether oxygens (including phenoxy) is 3. The predicted molar refractivity (Wildman–Crippen MR) is 83.6 cm³/mol. The van der Waals surface area contributed by atoms with Crippen molar-refractivity contribution >= 4 is 13.1 Å². The summed E-state index contributed by atoms with van der Waals surface area (Å²) in [5.74, 6) is -1.07. The monoisotopic (exact) mass is 324 g/mol. The molecule has 0 saturated carbocycles. The molecule has 3 rings (SSSR count). The van der Waals surface area contributed by atoms with Crippen LogP contribution in [0.5, 0.6) is 0 Å². The standard InChI is InChI=1S/C16H25BO6/c1-14(2)15(3,4)23-17(22-14)12-6-7-16(20-8-9-21-16)10-11(12)13(18)19-5/h6-10H2,1-5H3. The zero-order valence-corrected chi connectivity index (χ0v) is 14.6. The molecule has 2 fully saturated rings. The van der Waals surface area contributed by atoms with Crippen LogP contribution in [0.15, 0.2) is 11.0 Å². The number of esters is 1. The molecule has 7 heteroatoms. The van der Waals surface area contributed by atoms with Gasteiger partial charge in [-0.2, -0.15) is 0 Å². The summed E-state index contributed by atoms with van der Waals surface area (Å²) in [6, 6.07) is 0. The quantitative estimate of drug-likeness (QED) is 0.572. The Hall–Kier alpha value is -0.885. The summed E-state index contributed by atoms with van der Waals surface area (Å²) < 4.78 is 28.7. The van der Waals surface area contributed by atoms with Crippen molar-refractivity contribution < 1.29 is 28.3 Å². The second-order valence-corrected chi connectivity index (χ2v) is 7.37. The van der Waals surface area contributed by atoms with E-state index in [0.29, 0.717) is 38.0 Å². The fourth-order valence-electron chi connectivity index (χ4n) is 3.26. The first-order valence-electron chi connectivity index (χ1n) is 8.13. The SMILES string of the molecule is COC(=O)C1=C(B2OC(C)(C)C(C)(C)O2)CCC2(C1)OCCO2. The van der Waals surface area contributed by atoms with E-state index in [4.69, 9.17) is 23.5 Å². The molecule has 3 aliphatic rings. The molecule has 2 aliphatic heterocycles. The fourth-order valence-corrected chi connectivity index (χ4v) is 3.26. The van der Waals surface area contributed by atoms with Gasteiger partial charge >= 0.3 is 13.1 Å². The average Bonchev–Trinajstić information content (AvgIpc) is 3.01. The van der Waals surface area contributed by atoms with Crippen LogP contribution in [0.4, 0.5) is 0 Å². The van der Waals surface area contributed by atoms with Crippen LogP contribution in [0, 0.1) is 0 Å². The van der Waals surface area contributed by atoms with Crippen molar-refractivity contribution in [3.63, 3.8) is 0 Å². The van der Waals surface area contributed by atoms with E-state index in [2.05, 4.69) is 0 Å². The maximum Gasteiger partial charge on any atom is 0.491 e. The van der Waals surface area contributed by atoms with E-state index in [9.17, 15) is 4.79 Å². The minimum Gasteiger partial charge on any atom is -0.466 e. The van der Waals surface area contributed by atoms with Gasteiger partial charge in [-0.25, -0.2) is 4.79 Å². The lowest BCUT2D eigenvalue weighted by Gasteiger charge is -2.34. The molecule has 0 N–H and O–H groups in total. The number of rotatable bonds is 2. The molecule has 1 aliphatic carbocycles. The van der Waals surface area contributed by atoms with E-state index < -0.39 is 24.1 Å². The number of hydrogen-bond acceptors (Lipinski definition) is 6. The second kappa shape index (κ2) is 5.58. The summed E-state index contributed by atoms with van der Waals surface area (Å²) in [4.78, 5) is 12.3. The zero-order valence-electron chi connectivity index (χ0n) is 14.6. The lowest BCUT2D eigenvalue weighted by Crippen LogP contribution is -2.41. The fraction of sp³-hybridized carbons (Fsp3) is 0.812. The van der Waals surface area contributed by atoms with Crippen molar-refractivity contribution in [2.75, 3.05) is 20.3 Å². The molecule has 2 saturated heterocycles. The smallest absolute Gasteiger partial charge is 0.466 e. The molecule has 6 nitrogen and oxygen atoms in total. The van der Waals surface area contributed by atoms with Gasteiger partial charge in [-0.3, -0.25) is 0 Å². The van der Waals surface area contributed by atoms with E-state index in [1.807, 2.05) is 27.7 Å². The molecule has 1 spiro atoms. The van der Waals surface area contributed by atoms with Crippen molar-refractivity contribution in [3.8, 4) is 0 Å². The van der Waals surface area contributed by atoms with E-state index >= 15 is 0 Å². The van der Waals surface area contributed by atoms with Gasteiger partial charge in [0.2, 0.25) is 0 Å². The Balaban J connectivity index is 1.92. The van der Waals surface area contributed by atoms with Gasteiger partial charge in [-0.1, -0.05) is 0 Å². The number of methoxy groups -OCH3 is 1. The Kier molecular flexibility index (Phi) is 4.12. The minimum absolute atomic E-state index is 0.368. The number of hydrogen-bond donors (Lipinski definition) is 0. The third-order valence-electron chi connectivity index (χ3n) is 5.39. The summed E-state index contributed by atoms with van der Waals surface area (Å²) >= 11 is 0. The first kappa shape index (κ1) is 17.0. The molecule has 23 heavy (non-hydrogen) atoms. The van der Waals surface area contributed by atoms with Crippen LogP contribution in [-0.4, -0.2) is 50.4 Å². The van der Waals surface area contributed by atoms with E-state index in [1.165, 1.54) is 7.11 Å². The van der Waals surface area contributed by atoms with Crippen molar-refractivity contribution in [3.05, 3.63) is 11.0 Å². The van der Waals surface area contributed by atoms with E-state index in [0.717, 1.165) is 5.47 Å². The molecular weight excluding hydrogens is 299 g/mol. The molecular formula is C16H25BO6. The zero-order chi connectivity index (χ0) is 16.9. The van der Waals surface area contributed by atoms with Crippen LogP contribution in [0.25, 0.3) is 0 Å². The molecule has 0 bridgehead atoms. The highest BCUT2D eigenvalue weighted by Crippen LogP contribution is 2.45. The number of carbonyl (C=O) groups is 1. The highest BCUT2D eigenvalue weighted by Gasteiger charge is 2.55. The molecule has 0 aromatic heterocycles. The van der Waals surface area contributed by atoms with Gasteiger partial charge in [0, 0.05) is 18.4 Å². The van der Waals surface area contributed by atoms with Gasteiger partial charge in [0.25, 0.3) is 0 Å². The Labute approximate surface area is 137 Å². The van der Waals surface area contributed by atoms with Gasteiger partial charge in [0.1, 0.15) is 0 Å². The highest BCUT2D eigenvalue weighted by molar-refractivity contribution is 6.55. The molecule has 0 radical (unpaired) electrons. The van der Waals surface area contributed by atoms with Gasteiger partial charge in [-0.15, -0.1) is 0 Å². The van der Waals surface area contributed by atoms with Crippen LogP contribution in [0.3, 0.4) is 0 Å². The Morgan fingerprint density at radius 1 is 1.09 bits per heavy atom. The molecule has 0 amide bonds.